The molecular weight excluding hydrogens is 178 g/mol. The summed E-state index contributed by atoms with van der Waals surface area (Å²) >= 11 is 0. The Hall–Kier alpha value is -0.770. The third kappa shape index (κ3) is 4.46. The van der Waals surface area contributed by atoms with Gasteiger partial charge >= 0.3 is 0 Å². The van der Waals surface area contributed by atoms with Crippen molar-refractivity contribution in [2.24, 2.45) is 22.2 Å². The Kier molecular flexibility index (Phi) is 4.91. The molecule has 2 unspecified atom stereocenters. The van der Waals surface area contributed by atoms with E-state index in [0.29, 0.717) is 6.04 Å². The van der Waals surface area contributed by atoms with Crippen LogP contribution >= 0.6 is 0 Å². The normalized spacial score (nSPS) is 17.9. The summed E-state index contributed by atoms with van der Waals surface area (Å²) < 4.78 is 0. The van der Waals surface area contributed by atoms with Crippen LogP contribution < -0.4 is 11.1 Å². The van der Waals surface area contributed by atoms with E-state index < -0.39 is 0 Å². The predicted octanol–water partition coefficient (Wildman–Crippen LogP) is 1.39. The van der Waals surface area contributed by atoms with Gasteiger partial charge in [0.25, 0.3) is 0 Å². The van der Waals surface area contributed by atoms with Crippen LogP contribution in [0.1, 0.15) is 34.6 Å². The van der Waals surface area contributed by atoms with Crippen molar-refractivity contribution >= 4 is 5.84 Å². The summed E-state index contributed by atoms with van der Waals surface area (Å²) in [6.07, 6.45) is 0. The molecule has 0 aliphatic carbocycles. The van der Waals surface area contributed by atoms with Gasteiger partial charge in [0.1, 0.15) is 5.84 Å². The van der Waals surface area contributed by atoms with E-state index in [1.165, 1.54) is 0 Å². The number of rotatable bonds is 4. The summed E-state index contributed by atoms with van der Waals surface area (Å²) in [6, 6.07) is 0.399. The number of amidine groups is 1. The molecule has 0 aliphatic heterocycles. The highest BCUT2D eigenvalue weighted by molar-refractivity contribution is 5.82. The van der Waals surface area contributed by atoms with Gasteiger partial charge in [0.2, 0.25) is 0 Å². The number of nitrogens with zero attached hydrogens (tertiary/aromatic N) is 1. The molecule has 0 heterocycles. The highest BCUT2D eigenvalue weighted by Gasteiger charge is 2.20. The fraction of sp³-hybridized carbons (Fsp3) is 0.900. The van der Waals surface area contributed by atoms with Gasteiger partial charge in [-0.05, 0) is 12.3 Å². The number of nitrogens with two attached hydrogens (primary N) is 1. The van der Waals surface area contributed by atoms with Gasteiger partial charge in [-0.1, -0.05) is 32.9 Å². The van der Waals surface area contributed by atoms with E-state index in [2.05, 4.69) is 38.2 Å². The van der Waals surface area contributed by atoms with Crippen LogP contribution in [0.4, 0.5) is 0 Å². The zero-order chi connectivity index (χ0) is 11.4. The van der Waals surface area contributed by atoms with Crippen LogP contribution in [0.25, 0.3) is 0 Å². The summed E-state index contributed by atoms with van der Waals surface area (Å²) in [5.74, 6) is 0.336. The lowest BCUT2D eigenvalue weighted by atomic mass is 9.88. The van der Waals surface area contributed by atoms with E-state index in [1.54, 1.807) is 0 Å². The van der Waals surface area contributed by atoms with E-state index in [4.69, 9.17) is 10.9 Å². The second kappa shape index (κ2) is 5.20. The first-order valence-corrected chi connectivity index (χ1v) is 4.99. The van der Waals surface area contributed by atoms with Crippen molar-refractivity contribution < 1.29 is 5.21 Å². The maximum atomic E-state index is 8.47. The van der Waals surface area contributed by atoms with Crippen LogP contribution in [0.5, 0.6) is 0 Å². The molecule has 4 heteroatoms. The minimum atomic E-state index is 0.0600. The molecule has 0 rings (SSSR count). The maximum Gasteiger partial charge on any atom is 0.143 e. The van der Waals surface area contributed by atoms with Gasteiger partial charge in [0.15, 0.2) is 0 Å². The smallest absolute Gasteiger partial charge is 0.143 e. The van der Waals surface area contributed by atoms with E-state index in [1.807, 2.05) is 6.92 Å². The van der Waals surface area contributed by atoms with E-state index >= 15 is 0 Å². The van der Waals surface area contributed by atoms with Crippen LogP contribution in [0.2, 0.25) is 0 Å². The molecule has 0 aromatic heterocycles. The van der Waals surface area contributed by atoms with Crippen molar-refractivity contribution in [3.05, 3.63) is 0 Å². The summed E-state index contributed by atoms with van der Waals surface area (Å²) in [5.41, 5.74) is 5.70. The molecule has 0 bridgehead atoms. The van der Waals surface area contributed by atoms with Crippen LogP contribution in [-0.2, 0) is 0 Å². The molecule has 0 aromatic carbocycles. The van der Waals surface area contributed by atoms with Crippen LogP contribution in [0.3, 0.4) is 0 Å². The fourth-order valence-corrected chi connectivity index (χ4v) is 0.863. The Labute approximate surface area is 86.6 Å². The predicted molar refractivity (Wildman–Crippen MR) is 59.5 cm³/mol. The molecule has 2 atom stereocenters. The van der Waals surface area contributed by atoms with E-state index in [0.717, 1.165) is 6.54 Å². The SMILES string of the molecule is CC(CNC(C)C(C)(C)C)C(N)=NO. The van der Waals surface area contributed by atoms with Crippen molar-refractivity contribution in [2.45, 2.75) is 40.7 Å². The first-order chi connectivity index (χ1) is 6.29. The van der Waals surface area contributed by atoms with Gasteiger partial charge < -0.3 is 16.3 Å². The summed E-state index contributed by atoms with van der Waals surface area (Å²) in [7, 11) is 0. The average molecular weight is 201 g/mol. The largest absolute Gasteiger partial charge is 0.409 e. The lowest BCUT2D eigenvalue weighted by molar-refractivity contribution is 0.280. The molecule has 0 saturated carbocycles. The van der Waals surface area contributed by atoms with Crippen LogP contribution in [0.15, 0.2) is 5.16 Å². The average Bonchev–Trinajstić information content (AvgIpc) is 2.10. The molecule has 0 radical (unpaired) electrons. The first kappa shape index (κ1) is 13.2. The monoisotopic (exact) mass is 201 g/mol. The Morgan fingerprint density at radius 2 is 1.93 bits per heavy atom. The third-order valence-corrected chi connectivity index (χ3v) is 2.65. The topological polar surface area (TPSA) is 70.6 Å². The molecule has 14 heavy (non-hydrogen) atoms. The number of nitrogens with one attached hydrogen (secondary N) is 1. The van der Waals surface area contributed by atoms with Crippen molar-refractivity contribution in [3.63, 3.8) is 0 Å². The number of hydrogen-bond acceptors (Lipinski definition) is 3. The maximum absolute atomic E-state index is 8.47. The summed E-state index contributed by atoms with van der Waals surface area (Å²) in [5, 5.41) is 14.8. The van der Waals surface area contributed by atoms with E-state index in [9.17, 15) is 0 Å². The second-order valence-electron chi connectivity index (χ2n) is 4.92. The standard InChI is InChI=1S/C10H23N3O/c1-7(9(11)13-14)6-12-8(2)10(3,4)5/h7-8,12,14H,6H2,1-5H3,(H2,11,13). The van der Waals surface area contributed by atoms with Gasteiger partial charge in [0, 0.05) is 18.5 Å². The highest BCUT2D eigenvalue weighted by atomic mass is 16.4. The van der Waals surface area contributed by atoms with Gasteiger partial charge in [-0.3, -0.25) is 0 Å². The van der Waals surface area contributed by atoms with Gasteiger partial charge in [-0.25, -0.2) is 0 Å². The number of oxime groups is 1. The molecule has 84 valence electrons. The molecule has 0 fully saturated rings. The second-order valence-corrected chi connectivity index (χ2v) is 4.92. The molecule has 0 spiro atoms. The minimum Gasteiger partial charge on any atom is -0.409 e. The fourth-order valence-electron chi connectivity index (χ4n) is 0.863. The minimum absolute atomic E-state index is 0.0600. The van der Waals surface area contributed by atoms with Crippen LogP contribution in [0, 0.1) is 11.3 Å². The molecule has 0 saturated heterocycles. The lowest BCUT2D eigenvalue weighted by Gasteiger charge is -2.29. The molecule has 0 amide bonds. The highest BCUT2D eigenvalue weighted by Crippen LogP contribution is 2.18. The Morgan fingerprint density at radius 1 is 1.43 bits per heavy atom. The molecule has 0 aliphatic rings. The Balaban J connectivity index is 3.95. The van der Waals surface area contributed by atoms with Crippen molar-refractivity contribution in [2.75, 3.05) is 6.54 Å². The molecule has 4 N–H and O–H groups in total. The first-order valence-electron chi connectivity index (χ1n) is 4.99. The van der Waals surface area contributed by atoms with Gasteiger partial charge in [-0.2, -0.15) is 0 Å². The molecule has 0 aromatic rings. The zero-order valence-electron chi connectivity index (χ0n) is 9.83. The van der Waals surface area contributed by atoms with Gasteiger partial charge in [-0.15, -0.1) is 0 Å². The Bertz CT molecular complexity index is 196. The van der Waals surface area contributed by atoms with E-state index in [-0.39, 0.29) is 17.2 Å². The molecule has 4 nitrogen and oxygen atoms in total. The summed E-state index contributed by atoms with van der Waals surface area (Å²) in [4.78, 5) is 0. The van der Waals surface area contributed by atoms with Crippen molar-refractivity contribution in [1.82, 2.24) is 5.32 Å². The van der Waals surface area contributed by atoms with Crippen molar-refractivity contribution in [1.29, 1.82) is 0 Å². The third-order valence-electron chi connectivity index (χ3n) is 2.65. The zero-order valence-corrected chi connectivity index (χ0v) is 9.83. The van der Waals surface area contributed by atoms with Crippen LogP contribution in [-0.4, -0.2) is 23.6 Å². The van der Waals surface area contributed by atoms with Gasteiger partial charge in [0.05, 0.1) is 0 Å². The summed E-state index contributed by atoms with van der Waals surface area (Å²) in [6.45, 7) is 11.3. The number of hydrogen-bond donors (Lipinski definition) is 3. The molecular formula is C10H23N3O. The quantitative estimate of drug-likeness (QED) is 0.278. The van der Waals surface area contributed by atoms with Crippen molar-refractivity contribution in [3.8, 4) is 0 Å². The Morgan fingerprint density at radius 3 is 2.29 bits per heavy atom. The lowest BCUT2D eigenvalue weighted by Crippen LogP contribution is -2.42.